The largest absolute Gasteiger partial charge is 0.382 e. The molecule has 5 nitrogen and oxygen atoms in total. The van der Waals surface area contributed by atoms with E-state index >= 15 is 0 Å². The molecule has 0 aliphatic heterocycles. The van der Waals surface area contributed by atoms with Crippen molar-refractivity contribution in [3.63, 3.8) is 0 Å². The van der Waals surface area contributed by atoms with Gasteiger partial charge in [0.2, 0.25) is 0 Å². The number of nitrogens with zero attached hydrogens (tertiary/aromatic N) is 2. The summed E-state index contributed by atoms with van der Waals surface area (Å²) in [7, 11) is 0. The van der Waals surface area contributed by atoms with Gasteiger partial charge in [0.15, 0.2) is 0 Å². The molecule has 0 aliphatic rings. The molecular formula is C12H20N4O. The first-order chi connectivity index (χ1) is 7.83. The maximum atomic E-state index is 11.8. The van der Waals surface area contributed by atoms with Crippen LogP contribution >= 0.6 is 0 Å². The molecule has 3 N–H and O–H groups in total. The second kappa shape index (κ2) is 5.12. The second-order valence-electron chi connectivity index (χ2n) is 5.15. The van der Waals surface area contributed by atoms with Crippen LogP contribution < -0.4 is 11.1 Å². The fraction of sp³-hybridized carbons (Fsp3) is 0.583. The van der Waals surface area contributed by atoms with Crippen LogP contribution in [0, 0.1) is 11.3 Å². The molecule has 0 bridgehead atoms. The summed E-state index contributed by atoms with van der Waals surface area (Å²) in [4.78, 5) is 19.5. The maximum absolute atomic E-state index is 11.8. The lowest BCUT2D eigenvalue weighted by molar-refractivity contribution is 0.0919. The molecule has 0 radical (unpaired) electrons. The first kappa shape index (κ1) is 13.4. The molecule has 1 rings (SSSR count). The summed E-state index contributed by atoms with van der Waals surface area (Å²) >= 11 is 0. The highest BCUT2D eigenvalue weighted by atomic mass is 16.1. The zero-order valence-corrected chi connectivity index (χ0v) is 10.8. The predicted octanol–water partition coefficient (Wildman–Crippen LogP) is 1.47. The number of nitrogens with one attached hydrogen (secondary N) is 1. The van der Waals surface area contributed by atoms with Crippen LogP contribution in [0.1, 0.15) is 38.2 Å². The molecule has 0 saturated heterocycles. The summed E-state index contributed by atoms with van der Waals surface area (Å²) in [5.41, 5.74) is 5.75. The van der Waals surface area contributed by atoms with Crippen molar-refractivity contribution in [2.24, 2.45) is 11.3 Å². The van der Waals surface area contributed by atoms with E-state index in [4.69, 9.17) is 5.73 Å². The Balaban J connectivity index is 2.59. The second-order valence-corrected chi connectivity index (χ2v) is 5.15. The highest BCUT2D eigenvalue weighted by Crippen LogP contribution is 2.24. The Bertz CT molecular complexity index is 384. The van der Waals surface area contributed by atoms with Crippen molar-refractivity contribution in [3.05, 3.63) is 18.1 Å². The van der Waals surface area contributed by atoms with Crippen LogP contribution in [0.5, 0.6) is 0 Å². The first-order valence-electron chi connectivity index (χ1n) is 5.68. The van der Waals surface area contributed by atoms with Crippen molar-refractivity contribution in [3.8, 4) is 0 Å². The fourth-order valence-electron chi connectivity index (χ4n) is 1.06. The molecule has 1 aromatic heterocycles. The van der Waals surface area contributed by atoms with Crippen LogP contribution in [-0.4, -0.2) is 22.4 Å². The number of carbonyl (C=O) groups is 1. The van der Waals surface area contributed by atoms with Crippen LogP contribution in [-0.2, 0) is 0 Å². The van der Waals surface area contributed by atoms with Crippen LogP contribution in [0.4, 0.5) is 5.82 Å². The molecule has 0 aromatic carbocycles. The number of rotatable bonds is 4. The summed E-state index contributed by atoms with van der Waals surface area (Å²) in [5.74, 6) is 0.579. The van der Waals surface area contributed by atoms with Gasteiger partial charge >= 0.3 is 0 Å². The van der Waals surface area contributed by atoms with E-state index in [1.54, 1.807) is 0 Å². The molecule has 0 spiro atoms. The SMILES string of the molecule is CC(C)C(C)(C)CNC(=O)c1cnc(N)cn1. The van der Waals surface area contributed by atoms with Crippen molar-refractivity contribution in [2.75, 3.05) is 12.3 Å². The average molecular weight is 236 g/mol. The average Bonchev–Trinajstić information content (AvgIpc) is 2.27. The van der Waals surface area contributed by atoms with E-state index in [1.807, 2.05) is 0 Å². The summed E-state index contributed by atoms with van der Waals surface area (Å²) in [6.45, 7) is 9.11. The van der Waals surface area contributed by atoms with Crippen molar-refractivity contribution in [2.45, 2.75) is 27.7 Å². The number of nitrogens with two attached hydrogens (primary N) is 1. The van der Waals surface area contributed by atoms with Gasteiger partial charge < -0.3 is 11.1 Å². The van der Waals surface area contributed by atoms with E-state index in [0.717, 1.165) is 0 Å². The predicted molar refractivity (Wildman–Crippen MR) is 67.4 cm³/mol. The molecule has 94 valence electrons. The van der Waals surface area contributed by atoms with Gasteiger partial charge in [0, 0.05) is 6.54 Å². The minimum absolute atomic E-state index is 0.0525. The Labute approximate surface area is 102 Å². The Kier molecular flexibility index (Phi) is 4.04. The Morgan fingerprint density at radius 1 is 1.41 bits per heavy atom. The Morgan fingerprint density at radius 2 is 2.06 bits per heavy atom. The third-order valence-corrected chi connectivity index (χ3v) is 3.17. The van der Waals surface area contributed by atoms with Gasteiger partial charge in [0.25, 0.3) is 5.91 Å². The van der Waals surface area contributed by atoms with Gasteiger partial charge in [-0.2, -0.15) is 0 Å². The van der Waals surface area contributed by atoms with Gasteiger partial charge in [0.1, 0.15) is 11.5 Å². The topological polar surface area (TPSA) is 80.9 Å². The molecule has 1 aromatic rings. The van der Waals surface area contributed by atoms with Gasteiger partial charge in [-0.25, -0.2) is 9.97 Å². The number of nitrogen functional groups attached to an aromatic ring is 1. The van der Waals surface area contributed by atoms with Crippen molar-refractivity contribution in [1.29, 1.82) is 0 Å². The third-order valence-electron chi connectivity index (χ3n) is 3.17. The van der Waals surface area contributed by atoms with Crippen LogP contribution in [0.25, 0.3) is 0 Å². The van der Waals surface area contributed by atoms with E-state index in [-0.39, 0.29) is 11.3 Å². The summed E-state index contributed by atoms with van der Waals surface area (Å²) in [6, 6.07) is 0. The molecule has 0 fully saturated rings. The molecule has 5 heteroatoms. The van der Waals surface area contributed by atoms with Crippen LogP contribution in [0.2, 0.25) is 0 Å². The minimum atomic E-state index is -0.216. The summed E-state index contributed by atoms with van der Waals surface area (Å²) in [5, 5.41) is 2.86. The number of amides is 1. The van der Waals surface area contributed by atoms with Crippen LogP contribution in [0.15, 0.2) is 12.4 Å². The van der Waals surface area contributed by atoms with E-state index in [2.05, 4.69) is 43.0 Å². The lowest BCUT2D eigenvalue weighted by atomic mass is 9.81. The van der Waals surface area contributed by atoms with Crippen molar-refractivity contribution < 1.29 is 4.79 Å². The van der Waals surface area contributed by atoms with Crippen molar-refractivity contribution in [1.82, 2.24) is 15.3 Å². The van der Waals surface area contributed by atoms with Gasteiger partial charge in [-0.1, -0.05) is 27.7 Å². The number of aromatic nitrogens is 2. The lowest BCUT2D eigenvalue weighted by Crippen LogP contribution is -2.37. The number of hydrogen-bond acceptors (Lipinski definition) is 4. The molecule has 0 unspecified atom stereocenters. The Hall–Kier alpha value is -1.65. The standard InChI is InChI=1S/C12H20N4O/c1-8(2)12(3,4)7-16-11(17)9-5-15-10(13)6-14-9/h5-6,8H,7H2,1-4H3,(H2,13,15)(H,16,17). The van der Waals surface area contributed by atoms with Gasteiger partial charge in [0.05, 0.1) is 12.4 Å². The molecule has 1 heterocycles. The molecule has 0 saturated carbocycles. The van der Waals surface area contributed by atoms with Crippen LogP contribution in [0.3, 0.4) is 0 Å². The molecular weight excluding hydrogens is 216 g/mol. The number of anilines is 1. The summed E-state index contributed by atoms with van der Waals surface area (Å²) in [6.07, 6.45) is 2.76. The van der Waals surface area contributed by atoms with E-state index < -0.39 is 0 Å². The zero-order valence-electron chi connectivity index (χ0n) is 10.8. The fourth-order valence-corrected chi connectivity index (χ4v) is 1.06. The molecule has 0 aliphatic carbocycles. The van der Waals surface area contributed by atoms with E-state index in [0.29, 0.717) is 24.0 Å². The van der Waals surface area contributed by atoms with Gasteiger partial charge in [-0.3, -0.25) is 4.79 Å². The van der Waals surface area contributed by atoms with Gasteiger partial charge in [-0.05, 0) is 11.3 Å². The normalized spacial score (nSPS) is 11.6. The number of carbonyl (C=O) groups excluding carboxylic acids is 1. The molecule has 1 amide bonds. The highest BCUT2D eigenvalue weighted by Gasteiger charge is 2.23. The summed E-state index contributed by atoms with van der Waals surface area (Å²) < 4.78 is 0. The zero-order chi connectivity index (χ0) is 13.1. The Morgan fingerprint density at radius 3 is 2.53 bits per heavy atom. The first-order valence-corrected chi connectivity index (χ1v) is 5.68. The molecule has 0 atom stereocenters. The smallest absolute Gasteiger partial charge is 0.271 e. The van der Waals surface area contributed by atoms with Crippen molar-refractivity contribution >= 4 is 11.7 Å². The third kappa shape index (κ3) is 3.69. The van der Waals surface area contributed by atoms with Gasteiger partial charge in [-0.15, -0.1) is 0 Å². The van der Waals surface area contributed by atoms with E-state index in [9.17, 15) is 4.79 Å². The van der Waals surface area contributed by atoms with E-state index in [1.165, 1.54) is 12.4 Å². The lowest BCUT2D eigenvalue weighted by Gasteiger charge is -2.29. The number of hydrogen-bond donors (Lipinski definition) is 2. The minimum Gasteiger partial charge on any atom is -0.382 e. The quantitative estimate of drug-likeness (QED) is 0.829. The monoisotopic (exact) mass is 236 g/mol. The highest BCUT2D eigenvalue weighted by molar-refractivity contribution is 5.91. The maximum Gasteiger partial charge on any atom is 0.271 e. The molecule has 17 heavy (non-hydrogen) atoms.